The molecular weight excluding hydrogens is 259 g/mol. The molecule has 2 aliphatic rings. The fourth-order valence-corrected chi connectivity index (χ4v) is 3.12. The Morgan fingerprint density at radius 3 is 2.74 bits per heavy atom. The molecule has 0 aromatic carbocycles. The minimum Gasteiger partial charge on any atom is -0.329 e. The Bertz CT molecular complexity index is 335. The van der Waals surface area contributed by atoms with E-state index in [0.29, 0.717) is 25.0 Å². The summed E-state index contributed by atoms with van der Waals surface area (Å²) in [7, 11) is 2.08. The monoisotopic (exact) mass is 279 g/mol. The third-order valence-electron chi connectivity index (χ3n) is 4.07. The number of halogens is 3. The molecule has 2 aliphatic heterocycles. The van der Waals surface area contributed by atoms with Gasteiger partial charge in [0.2, 0.25) is 0 Å². The zero-order valence-electron chi connectivity index (χ0n) is 11.0. The number of amides is 2. The first-order valence-electron chi connectivity index (χ1n) is 6.66. The number of nitrogens with zero attached hydrogens (tertiary/aromatic N) is 2. The normalized spacial score (nSPS) is 28.9. The predicted molar refractivity (Wildman–Crippen MR) is 64.8 cm³/mol. The Balaban J connectivity index is 1.85. The third-order valence-corrected chi connectivity index (χ3v) is 4.07. The van der Waals surface area contributed by atoms with Crippen LogP contribution in [-0.2, 0) is 0 Å². The van der Waals surface area contributed by atoms with Crippen LogP contribution in [0, 0.1) is 5.92 Å². The van der Waals surface area contributed by atoms with Gasteiger partial charge in [-0.2, -0.15) is 13.2 Å². The number of hydrogen-bond acceptors (Lipinski definition) is 2. The first kappa shape index (κ1) is 14.4. The minimum absolute atomic E-state index is 0.393. The van der Waals surface area contributed by atoms with E-state index in [4.69, 9.17) is 0 Å². The highest BCUT2D eigenvalue weighted by molar-refractivity contribution is 5.74. The Morgan fingerprint density at radius 2 is 2.05 bits per heavy atom. The number of urea groups is 1. The molecule has 0 saturated carbocycles. The number of hydrogen-bond donors (Lipinski definition) is 1. The number of likely N-dealkylation sites (tertiary alicyclic amines) is 2. The van der Waals surface area contributed by atoms with Gasteiger partial charge in [-0.1, -0.05) is 0 Å². The smallest absolute Gasteiger partial charge is 0.329 e. The number of piperidine rings is 2. The van der Waals surface area contributed by atoms with E-state index in [1.165, 1.54) is 4.90 Å². The van der Waals surface area contributed by atoms with Crippen LogP contribution in [0.25, 0.3) is 0 Å². The summed E-state index contributed by atoms with van der Waals surface area (Å²) in [4.78, 5) is 15.5. The van der Waals surface area contributed by atoms with E-state index in [2.05, 4.69) is 11.9 Å². The van der Waals surface area contributed by atoms with Crippen molar-refractivity contribution in [3.8, 4) is 0 Å². The molecular formula is C12H20F3N3O. The largest absolute Gasteiger partial charge is 0.405 e. The Morgan fingerprint density at radius 1 is 1.32 bits per heavy atom. The lowest BCUT2D eigenvalue weighted by atomic mass is 9.84. The molecule has 7 heteroatoms. The van der Waals surface area contributed by atoms with Crippen molar-refractivity contribution < 1.29 is 18.0 Å². The fourth-order valence-electron chi connectivity index (χ4n) is 3.12. The van der Waals surface area contributed by atoms with Crippen LogP contribution in [0.15, 0.2) is 0 Å². The van der Waals surface area contributed by atoms with Gasteiger partial charge in [-0.05, 0) is 38.8 Å². The van der Waals surface area contributed by atoms with Crippen molar-refractivity contribution in [3.05, 3.63) is 0 Å². The number of alkyl halides is 3. The standard InChI is InChI=1S/C12H20F3N3O/c1-17-5-2-3-9-7-18(6-4-10(9)17)11(19)16-8-12(13,14)15/h9-10H,2-8H2,1H3,(H,16,19). The molecule has 2 unspecified atom stereocenters. The van der Waals surface area contributed by atoms with Crippen molar-refractivity contribution in [2.45, 2.75) is 31.5 Å². The molecule has 2 heterocycles. The van der Waals surface area contributed by atoms with Crippen LogP contribution in [0.4, 0.5) is 18.0 Å². The summed E-state index contributed by atoms with van der Waals surface area (Å²) in [5.74, 6) is 0.393. The van der Waals surface area contributed by atoms with E-state index in [9.17, 15) is 18.0 Å². The quantitative estimate of drug-likeness (QED) is 0.792. The number of carbonyl (C=O) groups is 1. The summed E-state index contributed by atoms with van der Waals surface area (Å²) in [6.45, 7) is 0.922. The number of fused-ring (bicyclic) bond motifs is 1. The fraction of sp³-hybridized carbons (Fsp3) is 0.917. The summed E-state index contributed by atoms with van der Waals surface area (Å²) in [5, 5.41) is 1.95. The SMILES string of the molecule is CN1CCCC2CN(C(=O)NCC(F)(F)F)CCC21. The van der Waals surface area contributed by atoms with Crippen LogP contribution < -0.4 is 5.32 Å². The molecule has 0 spiro atoms. The highest BCUT2D eigenvalue weighted by Crippen LogP contribution is 2.29. The maximum atomic E-state index is 12.1. The van der Waals surface area contributed by atoms with Gasteiger partial charge in [0, 0.05) is 19.1 Å². The van der Waals surface area contributed by atoms with E-state index >= 15 is 0 Å². The van der Waals surface area contributed by atoms with E-state index < -0.39 is 18.8 Å². The first-order chi connectivity index (χ1) is 8.87. The molecule has 19 heavy (non-hydrogen) atoms. The molecule has 2 rings (SSSR count). The molecule has 0 aromatic heterocycles. The molecule has 2 fully saturated rings. The number of nitrogens with one attached hydrogen (secondary N) is 1. The van der Waals surface area contributed by atoms with E-state index in [1.807, 2.05) is 5.32 Å². The highest BCUT2D eigenvalue weighted by atomic mass is 19.4. The van der Waals surface area contributed by atoms with E-state index in [0.717, 1.165) is 25.8 Å². The zero-order valence-corrected chi connectivity index (χ0v) is 11.0. The van der Waals surface area contributed by atoms with Gasteiger partial charge >= 0.3 is 12.2 Å². The second-order valence-corrected chi connectivity index (χ2v) is 5.46. The van der Waals surface area contributed by atoms with Crippen molar-refractivity contribution in [2.24, 2.45) is 5.92 Å². The summed E-state index contributed by atoms with van der Waals surface area (Å²) >= 11 is 0. The molecule has 0 radical (unpaired) electrons. The van der Waals surface area contributed by atoms with Gasteiger partial charge in [-0.3, -0.25) is 0 Å². The molecule has 110 valence electrons. The molecule has 2 saturated heterocycles. The second kappa shape index (κ2) is 5.56. The van der Waals surface area contributed by atoms with Crippen LogP contribution >= 0.6 is 0 Å². The lowest BCUT2D eigenvalue weighted by molar-refractivity contribution is -0.123. The van der Waals surface area contributed by atoms with Gasteiger partial charge in [0.1, 0.15) is 6.54 Å². The molecule has 0 aliphatic carbocycles. The van der Waals surface area contributed by atoms with Gasteiger partial charge < -0.3 is 15.1 Å². The van der Waals surface area contributed by atoms with Gasteiger partial charge in [0.25, 0.3) is 0 Å². The predicted octanol–water partition coefficient (Wildman–Crippen LogP) is 1.67. The van der Waals surface area contributed by atoms with Crippen LogP contribution in [-0.4, -0.2) is 61.3 Å². The van der Waals surface area contributed by atoms with Crippen LogP contribution in [0.3, 0.4) is 0 Å². The molecule has 2 atom stereocenters. The van der Waals surface area contributed by atoms with Gasteiger partial charge in [0.05, 0.1) is 0 Å². The molecule has 0 aromatic rings. The summed E-state index contributed by atoms with van der Waals surface area (Å²) in [5.41, 5.74) is 0. The first-order valence-corrected chi connectivity index (χ1v) is 6.66. The van der Waals surface area contributed by atoms with Gasteiger partial charge in [-0.25, -0.2) is 4.79 Å². The Labute approximate surface area is 110 Å². The summed E-state index contributed by atoms with van der Waals surface area (Å²) in [6.07, 6.45) is -1.35. The lowest BCUT2D eigenvalue weighted by Crippen LogP contribution is -2.56. The summed E-state index contributed by atoms with van der Waals surface area (Å²) < 4.78 is 36.2. The van der Waals surface area contributed by atoms with E-state index in [-0.39, 0.29) is 0 Å². The van der Waals surface area contributed by atoms with Crippen LogP contribution in [0.1, 0.15) is 19.3 Å². The van der Waals surface area contributed by atoms with Crippen LogP contribution in [0.5, 0.6) is 0 Å². The second-order valence-electron chi connectivity index (χ2n) is 5.46. The topological polar surface area (TPSA) is 35.6 Å². The lowest BCUT2D eigenvalue weighted by Gasteiger charge is -2.45. The van der Waals surface area contributed by atoms with Crippen molar-refractivity contribution in [3.63, 3.8) is 0 Å². The number of rotatable bonds is 1. The van der Waals surface area contributed by atoms with Crippen molar-refractivity contribution in [1.82, 2.24) is 15.1 Å². The Hall–Kier alpha value is -0.980. The molecule has 1 N–H and O–H groups in total. The van der Waals surface area contributed by atoms with Crippen molar-refractivity contribution in [2.75, 3.05) is 33.2 Å². The maximum absolute atomic E-state index is 12.1. The van der Waals surface area contributed by atoms with Crippen LogP contribution in [0.2, 0.25) is 0 Å². The molecule has 2 amide bonds. The van der Waals surface area contributed by atoms with E-state index in [1.54, 1.807) is 0 Å². The van der Waals surface area contributed by atoms with Crippen molar-refractivity contribution >= 4 is 6.03 Å². The van der Waals surface area contributed by atoms with Crippen molar-refractivity contribution in [1.29, 1.82) is 0 Å². The third kappa shape index (κ3) is 3.75. The number of carbonyl (C=O) groups excluding carboxylic acids is 1. The maximum Gasteiger partial charge on any atom is 0.405 e. The zero-order chi connectivity index (χ0) is 14.0. The molecule has 4 nitrogen and oxygen atoms in total. The average molecular weight is 279 g/mol. The summed E-state index contributed by atoms with van der Waals surface area (Å²) in [6, 6.07) is -0.121. The minimum atomic E-state index is -4.35. The average Bonchev–Trinajstić information content (AvgIpc) is 2.35. The molecule has 0 bridgehead atoms. The highest BCUT2D eigenvalue weighted by Gasteiger charge is 2.36. The van der Waals surface area contributed by atoms with Gasteiger partial charge in [-0.15, -0.1) is 0 Å². The van der Waals surface area contributed by atoms with Gasteiger partial charge in [0.15, 0.2) is 0 Å². The Kier molecular flexibility index (Phi) is 4.23.